The summed E-state index contributed by atoms with van der Waals surface area (Å²) in [5, 5.41) is 12.3. The van der Waals surface area contributed by atoms with Crippen LogP contribution in [0, 0.1) is 17.8 Å². The van der Waals surface area contributed by atoms with E-state index >= 15 is 0 Å². The van der Waals surface area contributed by atoms with Crippen LogP contribution in [-0.2, 0) is 12.8 Å². The van der Waals surface area contributed by atoms with Crippen molar-refractivity contribution in [1.29, 1.82) is 0 Å². The average molecular weight is 262 g/mol. The maximum absolute atomic E-state index is 4.42. The second-order valence-corrected chi connectivity index (χ2v) is 6.40. The van der Waals surface area contributed by atoms with E-state index in [9.17, 15) is 0 Å². The standard InChI is InChI=1S/C15H26N4/c1-4-16-9-13-11-5-7-14-15(8-6-12(11)13)19(10(2)3)18-17-14/h10-13,16H,4-9H2,1-3H3/t11-,12+,13-/m0/s1. The number of aryl methyl sites for hydroxylation is 1. The Morgan fingerprint density at radius 3 is 2.68 bits per heavy atom. The van der Waals surface area contributed by atoms with Crippen LogP contribution in [0.25, 0.3) is 0 Å². The molecule has 1 N–H and O–H groups in total. The highest BCUT2D eigenvalue weighted by atomic mass is 15.4. The Morgan fingerprint density at radius 2 is 2.00 bits per heavy atom. The van der Waals surface area contributed by atoms with Crippen molar-refractivity contribution >= 4 is 0 Å². The fourth-order valence-corrected chi connectivity index (χ4v) is 3.82. The highest BCUT2D eigenvalue weighted by molar-refractivity contribution is 5.15. The summed E-state index contributed by atoms with van der Waals surface area (Å²) in [4.78, 5) is 0. The molecule has 0 radical (unpaired) electrons. The zero-order valence-corrected chi connectivity index (χ0v) is 12.4. The minimum atomic E-state index is 0.434. The van der Waals surface area contributed by atoms with Gasteiger partial charge in [-0.15, -0.1) is 5.10 Å². The molecule has 0 spiro atoms. The number of aromatic nitrogens is 3. The second kappa shape index (κ2) is 5.23. The Hall–Kier alpha value is -0.900. The molecule has 0 saturated heterocycles. The lowest BCUT2D eigenvalue weighted by Crippen LogP contribution is -2.17. The first-order valence-electron chi connectivity index (χ1n) is 7.86. The van der Waals surface area contributed by atoms with E-state index in [1.54, 1.807) is 0 Å². The molecule has 0 bridgehead atoms. The SMILES string of the molecule is CCNC[C@@H]1[C@@H]2CCc3c(nnn3C(C)C)CC[C@@H]21. The van der Waals surface area contributed by atoms with Crippen molar-refractivity contribution in [1.82, 2.24) is 20.3 Å². The van der Waals surface area contributed by atoms with Crippen LogP contribution < -0.4 is 5.32 Å². The topological polar surface area (TPSA) is 42.7 Å². The van der Waals surface area contributed by atoms with Crippen LogP contribution in [0.5, 0.6) is 0 Å². The Balaban J connectivity index is 1.69. The van der Waals surface area contributed by atoms with E-state index in [-0.39, 0.29) is 0 Å². The van der Waals surface area contributed by atoms with Gasteiger partial charge in [0.15, 0.2) is 0 Å². The number of hydrogen-bond acceptors (Lipinski definition) is 3. The Labute approximate surface area is 116 Å². The fourth-order valence-electron chi connectivity index (χ4n) is 3.82. The van der Waals surface area contributed by atoms with Gasteiger partial charge in [-0.05, 0) is 70.4 Å². The zero-order valence-electron chi connectivity index (χ0n) is 12.4. The minimum absolute atomic E-state index is 0.434. The van der Waals surface area contributed by atoms with Gasteiger partial charge in [-0.25, -0.2) is 4.68 Å². The van der Waals surface area contributed by atoms with E-state index in [1.807, 2.05) is 0 Å². The van der Waals surface area contributed by atoms with E-state index in [1.165, 1.54) is 37.2 Å². The molecule has 4 heteroatoms. The van der Waals surface area contributed by atoms with Gasteiger partial charge in [0.25, 0.3) is 0 Å². The van der Waals surface area contributed by atoms with Crippen molar-refractivity contribution in [3.8, 4) is 0 Å². The van der Waals surface area contributed by atoms with Gasteiger partial charge in [0.05, 0.1) is 11.4 Å². The predicted octanol–water partition coefficient (Wildman–Crippen LogP) is 2.21. The molecule has 1 aromatic heterocycles. The van der Waals surface area contributed by atoms with Crippen molar-refractivity contribution in [2.45, 2.75) is 52.5 Å². The first-order valence-corrected chi connectivity index (χ1v) is 7.86. The monoisotopic (exact) mass is 262 g/mol. The second-order valence-electron chi connectivity index (χ2n) is 6.40. The highest BCUT2D eigenvalue weighted by Crippen LogP contribution is 2.52. The smallest absolute Gasteiger partial charge is 0.0859 e. The highest BCUT2D eigenvalue weighted by Gasteiger charge is 2.49. The van der Waals surface area contributed by atoms with Crippen LogP contribution >= 0.6 is 0 Å². The Morgan fingerprint density at radius 1 is 1.26 bits per heavy atom. The molecule has 106 valence electrons. The summed E-state index contributed by atoms with van der Waals surface area (Å²) in [7, 11) is 0. The molecule has 1 heterocycles. The molecule has 0 unspecified atom stereocenters. The van der Waals surface area contributed by atoms with E-state index < -0.39 is 0 Å². The summed E-state index contributed by atoms with van der Waals surface area (Å²) in [5.74, 6) is 2.81. The predicted molar refractivity (Wildman–Crippen MR) is 76.1 cm³/mol. The van der Waals surface area contributed by atoms with Gasteiger partial charge in [0.2, 0.25) is 0 Å². The first kappa shape index (κ1) is 13.1. The van der Waals surface area contributed by atoms with Gasteiger partial charge in [0, 0.05) is 6.04 Å². The van der Waals surface area contributed by atoms with Crippen LogP contribution in [0.1, 0.15) is 51.0 Å². The van der Waals surface area contributed by atoms with Gasteiger partial charge in [0.1, 0.15) is 0 Å². The maximum atomic E-state index is 4.42. The molecule has 0 amide bonds. The molecule has 19 heavy (non-hydrogen) atoms. The van der Waals surface area contributed by atoms with Gasteiger partial charge >= 0.3 is 0 Å². The molecule has 2 aliphatic carbocycles. The van der Waals surface area contributed by atoms with E-state index in [0.717, 1.165) is 30.7 Å². The lowest BCUT2D eigenvalue weighted by molar-refractivity contribution is 0.480. The molecule has 3 rings (SSSR count). The Kier molecular flexibility index (Phi) is 3.61. The van der Waals surface area contributed by atoms with Gasteiger partial charge in [-0.2, -0.15) is 0 Å². The normalized spacial score (nSPS) is 29.6. The summed E-state index contributed by atoms with van der Waals surface area (Å²) in [6, 6.07) is 0.434. The molecule has 3 atom stereocenters. The molecular weight excluding hydrogens is 236 g/mol. The summed E-state index contributed by atoms with van der Waals surface area (Å²) in [6.45, 7) is 8.90. The molecule has 1 fully saturated rings. The molecule has 1 saturated carbocycles. The summed E-state index contributed by atoms with van der Waals surface area (Å²) < 4.78 is 2.14. The number of fused-ring (bicyclic) bond motifs is 2. The van der Waals surface area contributed by atoms with Crippen molar-refractivity contribution < 1.29 is 0 Å². The number of rotatable bonds is 4. The number of nitrogens with zero attached hydrogens (tertiary/aromatic N) is 3. The molecule has 0 aromatic carbocycles. The molecule has 1 aromatic rings. The third-order valence-corrected chi connectivity index (χ3v) is 4.93. The van der Waals surface area contributed by atoms with Gasteiger partial charge in [-0.1, -0.05) is 12.1 Å². The van der Waals surface area contributed by atoms with Crippen molar-refractivity contribution in [3.63, 3.8) is 0 Å². The van der Waals surface area contributed by atoms with Crippen LogP contribution in [0.15, 0.2) is 0 Å². The average Bonchev–Trinajstić information content (AvgIpc) is 2.84. The van der Waals surface area contributed by atoms with Crippen molar-refractivity contribution in [3.05, 3.63) is 11.4 Å². The molecular formula is C15H26N4. The fraction of sp³-hybridized carbons (Fsp3) is 0.867. The maximum Gasteiger partial charge on any atom is 0.0859 e. The van der Waals surface area contributed by atoms with Crippen LogP contribution in [0.4, 0.5) is 0 Å². The molecule has 4 nitrogen and oxygen atoms in total. The summed E-state index contributed by atoms with van der Waals surface area (Å²) in [5.41, 5.74) is 2.67. The Bertz CT molecular complexity index is 437. The third kappa shape index (κ3) is 2.42. The van der Waals surface area contributed by atoms with Crippen molar-refractivity contribution in [2.75, 3.05) is 13.1 Å². The summed E-state index contributed by atoms with van der Waals surface area (Å²) >= 11 is 0. The molecule has 0 aliphatic heterocycles. The summed E-state index contributed by atoms with van der Waals surface area (Å²) in [6.07, 6.45) is 4.94. The van der Waals surface area contributed by atoms with Gasteiger partial charge < -0.3 is 5.32 Å². The minimum Gasteiger partial charge on any atom is -0.317 e. The van der Waals surface area contributed by atoms with Crippen LogP contribution in [0.2, 0.25) is 0 Å². The largest absolute Gasteiger partial charge is 0.317 e. The number of nitrogens with one attached hydrogen (secondary N) is 1. The van der Waals surface area contributed by atoms with Crippen molar-refractivity contribution in [2.24, 2.45) is 17.8 Å². The van der Waals surface area contributed by atoms with E-state index in [0.29, 0.717) is 6.04 Å². The van der Waals surface area contributed by atoms with E-state index in [2.05, 4.69) is 41.1 Å². The van der Waals surface area contributed by atoms with Crippen LogP contribution in [-0.4, -0.2) is 28.1 Å². The lowest BCUT2D eigenvalue weighted by atomic mass is 10.0. The molecule has 2 aliphatic rings. The van der Waals surface area contributed by atoms with E-state index in [4.69, 9.17) is 0 Å². The van der Waals surface area contributed by atoms with Crippen LogP contribution in [0.3, 0.4) is 0 Å². The lowest BCUT2D eigenvalue weighted by Gasteiger charge is -2.12. The quantitative estimate of drug-likeness (QED) is 0.904. The first-order chi connectivity index (χ1) is 9.22. The number of hydrogen-bond donors (Lipinski definition) is 1. The zero-order chi connectivity index (χ0) is 13.4. The van der Waals surface area contributed by atoms with Gasteiger partial charge in [-0.3, -0.25) is 0 Å². The third-order valence-electron chi connectivity index (χ3n) is 4.93.